The van der Waals surface area contributed by atoms with Crippen LogP contribution in [0, 0.1) is 0 Å². The molecule has 0 unspecified atom stereocenters. The van der Waals surface area contributed by atoms with E-state index in [0.29, 0.717) is 21.8 Å². The number of carbonyl (C=O) groups excluding carboxylic acids is 1. The van der Waals surface area contributed by atoms with Crippen LogP contribution in [0.3, 0.4) is 0 Å². The van der Waals surface area contributed by atoms with Gasteiger partial charge in [-0.25, -0.2) is 13.4 Å². The smallest absolute Gasteiger partial charge is 0.229 e. The van der Waals surface area contributed by atoms with Crippen LogP contribution in [0.2, 0.25) is 0 Å². The van der Waals surface area contributed by atoms with Gasteiger partial charge in [0.2, 0.25) is 10.0 Å². The predicted octanol–water partition coefficient (Wildman–Crippen LogP) is 2.93. The van der Waals surface area contributed by atoms with E-state index in [2.05, 4.69) is 14.7 Å². The first-order chi connectivity index (χ1) is 10.8. The number of hydrogen-bond donors (Lipinski definition) is 1. The second-order valence-electron chi connectivity index (χ2n) is 5.09. The summed E-state index contributed by atoms with van der Waals surface area (Å²) in [5.41, 5.74) is 2.44. The van der Waals surface area contributed by atoms with Crippen molar-refractivity contribution in [1.82, 2.24) is 9.97 Å². The molecule has 0 radical (unpaired) electrons. The minimum absolute atomic E-state index is 0.0116. The van der Waals surface area contributed by atoms with E-state index in [4.69, 9.17) is 0 Å². The second kappa shape index (κ2) is 5.71. The molecule has 2 heterocycles. The van der Waals surface area contributed by atoms with Gasteiger partial charge in [0, 0.05) is 17.3 Å². The zero-order chi connectivity index (χ0) is 16.6. The summed E-state index contributed by atoms with van der Waals surface area (Å²) in [4.78, 5) is 20.0. The summed E-state index contributed by atoms with van der Waals surface area (Å²) in [6, 6.07) is 7.06. The molecule has 0 bridgehead atoms. The van der Waals surface area contributed by atoms with Crippen LogP contribution in [0.1, 0.15) is 17.3 Å². The van der Waals surface area contributed by atoms with E-state index in [0.717, 1.165) is 16.5 Å². The third-order valence-electron chi connectivity index (χ3n) is 3.08. The first kappa shape index (κ1) is 15.6. The Balaban J connectivity index is 2.03. The zero-order valence-corrected chi connectivity index (χ0v) is 14.0. The number of benzene rings is 1. The Morgan fingerprint density at radius 3 is 2.70 bits per heavy atom. The SMILES string of the molecule is CC(=O)c1ccc2sc(-c3cncc(NS(C)(=O)=O)c3)nc2c1. The Bertz CT molecular complexity index is 1010. The monoisotopic (exact) mass is 347 g/mol. The first-order valence-electron chi connectivity index (χ1n) is 6.66. The van der Waals surface area contributed by atoms with Gasteiger partial charge < -0.3 is 0 Å². The number of aromatic nitrogens is 2. The number of carbonyl (C=O) groups is 1. The van der Waals surface area contributed by atoms with E-state index >= 15 is 0 Å². The number of ketones is 1. The topological polar surface area (TPSA) is 89.0 Å². The lowest BCUT2D eigenvalue weighted by molar-refractivity contribution is 0.101. The van der Waals surface area contributed by atoms with Gasteiger partial charge in [0.15, 0.2) is 5.78 Å². The average Bonchev–Trinajstić information content (AvgIpc) is 2.88. The van der Waals surface area contributed by atoms with Gasteiger partial charge >= 0.3 is 0 Å². The fourth-order valence-corrected chi connectivity index (χ4v) is 3.56. The molecule has 0 atom stereocenters. The lowest BCUT2D eigenvalue weighted by Crippen LogP contribution is -2.09. The van der Waals surface area contributed by atoms with Crippen molar-refractivity contribution in [2.45, 2.75) is 6.92 Å². The van der Waals surface area contributed by atoms with E-state index in [1.54, 1.807) is 24.4 Å². The molecule has 1 N–H and O–H groups in total. The van der Waals surface area contributed by atoms with Crippen molar-refractivity contribution in [3.63, 3.8) is 0 Å². The molecule has 0 spiro atoms. The fourth-order valence-electron chi connectivity index (χ4n) is 2.10. The highest BCUT2D eigenvalue weighted by Crippen LogP contribution is 2.31. The third-order valence-corrected chi connectivity index (χ3v) is 4.77. The maximum absolute atomic E-state index is 11.4. The highest BCUT2D eigenvalue weighted by molar-refractivity contribution is 7.92. The van der Waals surface area contributed by atoms with Crippen molar-refractivity contribution in [1.29, 1.82) is 0 Å². The van der Waals surface area contributed by atoms with Gasteiger partial charge in [-0.05, 0) is 31.2 Å². The minimum atomic E-state index is -3.36. The molecule has 118 valence electrons. The lowest BCUT2D eigenvalue weighted by atomic mass is 10.1. The summed E-state index contributed by atoms with van der Waals surface area (Å²) < 4.78 is 26.0. The van der Waals surface area contributed by atoms with Crippen molar-refractivity contribution < 1.29 is 13.2 Å². The van der Waals surface area contributed by atoms with Gasteiger partial charge in [0.25, 0.3) is 0 Å². The molecule has 3 aromatic rings. The number of sulfonamides is 1. The minimum Gasteiger partial charge on any atom is -0.295 e. The molecular weight excluding hydrogens is 334 g/mol. The van der Waals surface area contributed by atoms with Crippen LogP contribution >= 0.6 is 11.3 Å². The Kier molecular flexibility index (Phi) is 3.87. The Morgan fingerprint density at radius 1 is 1.22 bits per heavy atom. The fraction of sp³-hybridized carbons (Fsp3) is 0.133. The number of pyridine rings is 1. The summed E-state index contributed by atoms with van der Waals surface area (Å²) in [7, 11) is -3.36. The van der Waals surface area contributed by atoms with Crippen LogP contribution in [-0.2, 0) is 10.0 Å². The molecule has 0 aliphatic carbocycles. The van der Waals surface area contributed by atoms with Gasteiger partial charge in [0.05, 0.1) is 28.4 Å². The Hall–Kier alpha value is -2.32. The molecule has 2 aromatic heterocycles. The number of Topliss-reactive ketones (excluding diaryl/α,β-unsaturated/α-hetero) is 1. The summed E-state index contributed by atoms with van der Waals surface area (Å²) in [5, 5.41) is 0.713. The molecule has 8 heteroatoms. The average molecular weight is 347 g/mol. The molecule has 3 rings (SSSR count). The van der Waals surface area contributed by atoms with E-state index < -0.39 is 10.0 Å². The largest absolute Gasteiger partial charge is 0.295 e. The Labute approximate surface area is 137 Å². The lowest BCUT2D eigenvalue weighted by Gasteiger charge is -2.04. The van der Waals surface area contributed by atoms with Gasteiger partial charge in [-0.2, -0.15) is 0 Å². The molecule has 0 saturated carbocycles. The summed E-state index contributed by atoms with van der Waals surface area (Å²) in [5.74, 6) is -0.0116. The summed E-state index contributed by atoms with van der Waals surface area (Å²) >= 11 is 1.46. The van der Waals surface area contributed by atoms with E-state index in [1.807, 2.05) is 6.07 Å². The number of nitrogens with zero attached hydrogens (tertiary/aromatic N) is 2. The molecule has 23 heavy (non-hydrogen) atoms. The van der Waals surface area contributed by atoms with Gasteiger partial charge in [-0.1, -0.05) is 0 Å². The molecular formula is C15H13N3O3S2. The maximum Gasteiger partial charge on any atom is 0.229 e. The number of thiazole rings is 1. The van der Waals surface area contributed by atoms with E-state index in [9.17, 15) is 13.2 Å². The summed E-state index contributed by atoms with van der Waals surface area (Å²) in [6.45, 7) is 1.51. The number of fused-ring (bicyclic) bond motifs is 1. The highest BCUT2D eigenvalue weighted by atomic mass is 32.2. The normalized spacial score (nSPS) is 11.6. The third kappa shape index (κ3) is 3.54. The number of nitrogens with one attached hydrogen (secondary N) is 1. The van der Waals surface area contributed by atoms with Crippen molar-refractivity contribution in [2.24, 2.45) is 0 Å². The number of anilines is 1. The van der Waals surface area contributed by atoms with Crippen LogP contribution < -0.4 is 4.72 Å². The molecule has 6 nitrogen and oxygen atoms in total. The number of hydrogen-bond acceptors (Lipinski definition) is 6. The molecule has 0 saturated heterocycles. The predicted molar refractivity (Wildman–Crippen MR) is 91.3 cm³/mol. The van der Waals surface area contributed by atoms with E-state index in [-0.39, 0.29) is 5.78 Å². The maximum atomic E-state index is 11.4. The standard InChI is InChI=1S/C15H13N3O3S2/c1-9(19)10-3-4-14-13(6-10)17-15(22-14)11-5-12(8-16-7-11)18-23(2,20)21/h3-8,18H,1-2H3. The second-order valence-corrected chi connectivity index (χ2v) is 7.87. The van der Waals surface area contributed by atoms with E-state index in [1.165, 1.54) is 24.5 Å². The first-order valence-corrected chi connectivity index (χ1v) is 9.37. The molecule has 0 aliphatic rings. The van der Waals surface area contributed by atoms with Gasteiger partial charge in [-0.15, -0.1) is 11.3 Å². The van der Waals surface area contributed by atoms with Crippen LogP contribution in [-0.4, -0.2) is 30.4 Å². The van der Waals surface area contributed by atoms with Crippen LogP contribution in [0.4, 0.5) is 5.69 Å². The van der Waals surface area contributed by atoms with Crippen LogP contribution in [0.15, 0.2) is 36.7 Å². The van der Waals surface area contributed by atoms with Crippen molar-refractivity contribution in [2.75, 3.05) is 11.0 Å². The number of rotatable bonds is 4. The van der Waals surface area contributed by atoms with Crippen LogP contribution in [0.25, 0.3) is 20.8 Å². The zero-order valence-electron chi connectivity index (χ0n) is 12.4. The summed E-state index contributed by atoms with van der Waals surface area (Å²) in [6.07, 6.45) is 4.14. The molecule has 0 fully saturated rings. The van der Waals surface area contributed by atoms with Crippen molar-refractivity contribution >= 4 is 43.0 Å². The highest BCUT2D eigenvalue weighted by Gasteiger charge is 2.10. The van der Waals surface area contributed by atoms with Crippen LogP contribution in [0.5, 0.6) is 0 Å². The van der Waals surface area contributed by atoms with Gasteiger partial charge in [0.1, 0.15) is 5.01 Å². The van der Waals surface area contributed by atoms with Crippen molar-refractivity contribution in [3.8, 4) is 10.6 Å². The molecule has 0 amide bonds. The van der Waals surface area contributed by atoms with Crippen molar-refractivity contribution in [3.05, 3.63) is 42.2 Å². The van der Waals surface area contributed by atoms with Gasteiger partial charge in [-0.3, -0.25) is 14.5 Å². The quantitative estimate of drug-likeness (QED) is 0.733. The molecule has 0 aliphatic heterocycles. The molecule has 1 aromatic carbocycles. The Morgan fingerprint density at radius 2 is 2.00 bits per heavy atom.